The highest BCUT2D eigenvalue weighted by Gasteiger charge is 2.36. The van der Waals surface area contributed by atoms with E-state index in [9.17, 15) is 4.79 Å². The van der Waals surface area contributed by atoms with Gasteiger partial charge in [0.2, 0.25) is 0 Å². The summed E-state index contributed by atoms with van der Waals surface area (Å²) in [6, 6.07) is 6.80. The molecule has 2 nitrogen and oxygen atoms in total. The van der Waals surface area contributed by atoms with Crippen molar-refractivity contribution in [3.05, 3.63) is 64.8 Å². The van der Waals surface area contributed by atoms with Crippen LogP contribution in [0.2, 0.25) is 0 Å². The van der Waals surface area contributed by atoms with Crippen molar-refractivity contribution in [1.82, 2.24) is 0 Å². The van der Waals surface area contributed by atoms with Crippen LogP contribution in [-0.2, 0) is 4.79 Å². The number of carboxylic acid groups (broad SMARTS) is 1. The Kier molecular flexibility index (Phi) is 3.78. The predicted octanol–water partition coefficient (Wildman–Crippen LogP) is 4.65. The lowest BCUT2D eigenvalue weighted by Gasteiger charge is -2.15. The van der Waals surface area contributed by atoms with Crippen molar-refractivity contribution in [2.75, 3.05) is 0 Å². The number of benzene rings is 1. The molecule has 2 bridgehead atoms. The lowest BCUT2D eigenvalue weighted by atomic mass is 9.90. The molecule has 1 saturated carbocycles. The molecule has 1 fully saturated rings. The van der Waals surface area contributed by atoms with E-state index in [-0.39, 0.29) is 0 Å². The van der Waals surface area contributed by atoms with E-state index in [0.29, 0.717) is 0 Å². The first-order valence-corrected chi connectivity index (χ1v) is 7.53. The van der Waals surface area contributed by atoms with Crippen LogP contribution >= 0.6 is 0 Å². The lowest BCUT2D eigenvalue weighted by molar-refractivity contribution is -0.131. The third kappa shape index (κ3) is 2.99. The molecule has 2 atom stereocenters. The molecule has 0 spiro atoms. The summed E-state index contributed by atoms with van der Waals surface area (Å²) >= 11 is 0. The molecule has 0 aromatic heterocycles. The highest BCUT2D eigenvalue weighted by atomic mass is 16.4. The highest BCUT2D eigenvalue weighted by Crippen LogP contribution is 2.53. The largest absolute Gasteiger partial charge is 0.478 e. The number of carboxylic acids is 1. The molecule has 21 heavy (non-hydrogen) atoms. The smallest absolute Gasteiger partial charge is 0.328 e. The minimum Gasteiger partial charge on any atom is -0.478 e. The van der Waals surface area contributed by atoms with Gasteiger partial charge in [-0.05, 0) is 60.3 Å². The minimum atomic E-state index is -0.908. The van der Waals surface area contributed by atoms with E-state index in [0.717, 1.165) is 17.4 Å². The molecule has 0 heterocycles. The molecule has 2 aliphatic rings. The van der Waals surface area contributed by atoms with Gasteiger partial charge >= 0.3 is 5.97 Å². The Morgan fingerprint density at radius 2 is 1.95 bits per heavy atom. The quantitative estimate of drug-likeness (QED) is 0.643. The Morgan fingerprint density at radius 1 is 1.19 bits per heavy atom. The van der Waals surface area contributed by atoms with Crippen molar-refractivity contribution in [3.8, 4) is 0 Å². The molecule has 3 rings (SSSR count). The van der Waals surface area contributed by atoms with Gasteiger partial charge in [-0.2, -0.15) is 0 Å². The van der Waals surface area contributed by atoms with Gasteiger partial charge in [-0.25, -0.2) is 4.79 Å². The van der Waals surface area contributed by atoms with Crippen molar-refractivity contribution in [2.24, 2.45) is 0 Å². The van der Waals surface area contributed by atoms with Crippen LogP contribution in [0, 0.1) is 0 Å². The van der Waals surface area contributed by atoms with Gasteiger partial charge < -0.3 is 5.11 Å². The fourth-order valence-electron chi connectivity index (χ4n) is 3.59. The van der Waals surface area contributed by atoms with Crippen molar-refractivity contribution < 1.29 is 9.90 Å². The Bertz CT molecular complexity index is 650. The topological polar surface area (TPSA) is 37.3 Å². The molecule has 1 aromatic carbocycles. The summed E-state index contributed by atoms with van der Waals surface area (Å²) < 4.78 is 0. The maximum atomic E-state index is 10.5. The monoisotopic (exact) mass is 280 g/mol. The Balaban J connectivity index is 1.69. The van der Waals surface area contributed by atoms with Gasteiger partial charge in [0.15, 0.2) is 0 Å². The average molecular weight is 280 g/mol. The predicted molar refractivity (Wildman–Crippen MR) is 85.3 cm³/mol. The molecular formula is C19H20O2. The number of hydrogen-bond acceptors (Lipinski definition) is 1. The van der Waals surface area contributed by atoms with Crippen LogP contribution in [0.3, 0.4) is 0 Å². The second kappa shape index (κ2) is 5.72. The van der Waals surface area contributed by atoms with Crippen LogP contribution in [0.1, 0.15) is 54.7 Å². The van der Waals surface area contributed by atoms with Crippen molar-refractivity contribution >= 4 is 12.0 Å². The van der Waals surface area contributed by atoms with E-state index in [4.69, 9.17) is 5.11 Å². The summed E-state index contributed by atoms with van der Waals surface area (Å²) in [6.07, 6.45) is 13.0. The number of rotatable bonds is 4. The van der Waals surface area contributed by atoms with Crippen LogP contribution in [0.15, 0.2) is 48.1 Å². The zero-order valence-corrected chi connectivity index (χ0v) is 12.3. The Labute approximate surface area is 125 Å². The second-order valence-electron chi connectivity index (χ2n) is 6.04. The molecule has 1 N–H and O–H groups in total. The molecule has 2 heteroatoms. The first-order chi connectivity index (χ1) is 10.1. The molecule has 0 aliphatic heterocycles. The molecule has 0 saturated heterocycles. The Hall–Kier alpha value is -2.09. The third-order valence-corrected chi connectivity index (χ3v) is 4.53. The summed E-state index contributed by atoms with van der Waals surface area (Å²) in [5.41, 5.74) is 5.09. The van der Waals surface area contributed by atoms with E-state index < -0.39 is 5.97 Å². The number of fused-ring (bicyclic) bond motifs is 5. The van der Waals surface area contributed by atoms with E-state index >= 15 is 0 Å². The fraction of sp³-hybridized carbons (Fsp3) is 0.316. The van der Waals surface area contributed by atoms with Crippen LogP contribution in [0.5, 0.6) is 0 Å². The zero-order chi connectivity index (χ0) is 14.8. The SMILES string of the molecule is CC(/C=C/C=C/c1ccc2c(c1)C1CCC2C1)=C\C(=O)O. The maximum Gasteiger partial charge on any atom is 0.328 e. The summed E-state index contributed by atoms with van der Waals surface area (Å²) in [6.45, 7) is 1.78. The van der Waals surface area contributed by atoms with Gasteiger partial charge in [-0.1, -0.05) is 42.5 Å². The van der Waals surface area contributed by atoms with Gasteiger partial charge in [0.05, 0.1) is 0 Å². The van der Waals surface area contributed by atoms with Crippen molar-refractivity contribution in [2.45, 2.75) is 38.0 Å². The second-order valence-corrected chi connectivity index (χ2v) is 6.04. The number of aliphatic carboxylic acids is 1. The molecule has 2 aliphatic carbocycles. The highest BCUT2D eigenvalue weighted by molar-refractivity contribution is 5.81. The normalized spacial score (nSPS) is 24.1. The molecule has 1 aromatic rings. The minimum absolute atomic E-state index is 0.735. The van der Waals surface area contributed by atoms with Gasteiger partial charge in [0.1, 0.15) is 0 Å². The molecule has 0 amide bonds. The lowest BCUT2D eigenvalue weighted by Crippen LogP contribution is -1.97. The van der Waals surface area contributed by atoms with E-state index in [1.54, 1.807) is 24.1 Å². The summed E-state index contributed by atoms with van der Waals surface area (Å²) in [5.74, 6) is 0.691. The zero-order valence-electron chi connectivity index (χ0n) is 12.3. The van der Waals surface area contributed by atoms with E-state index in [2.05, 4.69) is 24.3 Å². The summed E-state index contributed by atoms with van der Waals surface area (Å²) in [7, 11) is 0. The number of carbonyl (C=O) groups is 1. The van der Waals surface area contributed by atoms with Crippen molar-refractivity contribution in [1.29, 1.82) is 0 Å². The van der Waals surface area contributed by atoms with Gasteiger partial charge in [-0.3, -0.25) is 0 Å². The fourth-order valence-corrected chi connectivity index (χ4v) is 3.59. The van der Waals surface area contributed by atoms with Crippen LogP contribution in [-0.4, -0.2) is 11.1 Å². The number of hydrogen-bond donors (Lipinski definition) is 1. The van der Waals surface area contributed by atoms with Crippen LogP contribution in [0.4, 0.5) is 0 Å². The van der Waals surface area contributed by atoms with Gasteiger partial charge in [0, 0.05) is 6.08 Å². The van der Waals surface area contributed by atoms with Gasteiger partial charge in [-0.15, -0.1) is 0 Å². The molecule has 2 unspecified atom stereocenters. The summed E-state index contributed by atoms with van der Waals surface area (Å²) in [5, 5.41) is 8.63. The maximum absolute atomic E-state index is 10.5. The van der Waals surface area contributed by atoms with Crippen molar-refractivity contribution in [3.63, 3.8) is 0 Å². The molecule has 108 valence electrons. The van der Waals surface area contributed by atoms with Crippen LogP contribution in [0.25, 0.3) is 6.08 Å². The van der Waals surface area contributed by atoms with Gasteiger partial charge in [0.25, 0.3) is 0 Å². The third-order valence-electron chi connectivity index (χ3n) is 4.53. The summed E-state index contributed by atoms with van der Waals surface area (Å²) in [4.78, 5) is 10.5. The Morgan fingerprint density at radius 3 is 2.71 bits per heavy atom. The molecule has 0 radical (unpaired) electrons. The number of allylic oxidation sites excluding steroid dienone is 4. The van der Waals surface area contributed by atoms with E-state index in [1.165, 1.54) is 30.9 Å². The molecular weight excluding hydrogens is 260 g/mol. The van der Waals surface area contributed by atoms with Crippen LogP contribution < -0.4 is 0 Å². The van der Waals surface area contributed by atoms with E-state index in [1.807, 2.05) is 12.2 Å². The first kappa shape index (κ1) is 13.9. The average Bonchev–Trinajstić information content (AvgIpc) is 3.04. The standard InChI is InChI=1S/C19H20O2/c1-13(10-19(20)21)4-2-3-5-14-6-9-17-15-7-8-16(12-15)18(17)11-14/h2-6,9-11,15-16H,7-8,12H2,1H3,(H,20,21)/b4-2+,5-3+,13-10+. The first-order valence-electron chi connectivity index (χ1n) is 7.53.